The predicted octanol–water partition coefficient (Wildman–Crippen LogP) is 1.30. The molecule has 2 aromatic carbocycles. The van der Waals surface area contributed by atoms with Crippen LogP contribution in [-0.4, -0.2) is 18.6 Å². The molecule has 3 N–H and O–H groups in total. The smallest absolute Gasteiger partial charge is 0.272 e. The minimum absolute atomic E-state index is 0.00182. The van der Waals surface area contributed by atoms with Gasteiger partial charge in [0.05, 0.1) is 22.2 Å². The summed E-state index contributed by atoms with van der Waals surface area (Å²) < 4.78 is 39.8. The fourth-order valence-electron chi connectivity index (χ4n) is 2.32. The van der Waals surface area contributed by atoms with Crippen LogP contribution in [0.1, 0.15) is 5.56 Å². The molecule has 9 heteroatoms. The van der Waals surface area contributed by atoms with Gasteiger partial charge in [-0.25, -0.2) is 12.8 Å². The van der Waals surface area contributed by atoms with Crippen molar-refractivity contribution in [2.75, 3.05) is 4.72 Å². The molecule has 0 aliphatic rings. The van der Waals surface area contributed by atoms with Crippen molar-refractivity contribution < 1.29 is 12.8 Å². The maximum Gasteiger partial charge on any atom is 0.272 e. The lowest BCUT2D eigenvalue weighted by Gasteiger charge is -2.10. The summed E-state index contributed by atoms with van der Waals surface area (Å²) in [4.78, 5) is 23.7. The van der Waals surface area contributed by atoms with E-state index in [1.54, 1.807) is 0 Å². The third kappa shape index (κ3) is 3.20. The largest absolute Gasteiger partial charge is 0.282 e. The highest BCUT2D eigenvalue weighted by Crippen LogP contribution is 2.19. The number of sulfonamides is 1. The molecule has 3 aromatic rings. The molecule has 0 saturated carbocycles. The van der Waals surface area contributed by atoms with Crippen LogP contribution in [0, 0.1) is 5.82 Å². The topological polar surface area (TPSA) is 112 Å². The lowest BCUT2D eigenvalue weighted by molar-refractivity contribution is 0.600. The maximum absolute atomic E-state index is 12.9. The first kappa shape index (κ1) is 15.9. The molecule has 0 fully saturated rings. The molecule has 3 rings (SSSR count). The molecule has 24 heavy (non-hydrogen) atoms. The van der Waals surface area contributed by atoms with Crippen molar-refractivity contribution in [3.8, 4) is 0 Å². The Bertz CT molecular complexity index is 1120. The van der Waals surface area contributed by atoms with Gasteiger partial charge in [-0.1, -0.05) is 18.2 Å². The Labute approximate surface area is 135 Å². The summed E-state index contributed by atoms with van der Waals surface area (Å²) in [7, 11) is -3.86. The quantitative estimate of drug-likeness (QED) is 0.659. The van der Waals surface area contributed by atoms with Crippen LogP contribution in [0.4, 0.5) is 10.1 Å². The van der Waals surface area contributed by atoms with Crippen molar-refractivity contribution in [2.45, 2.75) is 5.75 Å². The fourth-order valence-corrected chi connectivity index (χ4v) is 3.53. The summed E-state index contributed by atoms with van der Waals surface area (Å²) >= 11 is 0. The van der Waals surface area contributed by atoms with Gasteiger partial charge < -0.3 is 0 Å². The van der Waals surface area contributed by atoms with Crippen LogP contribution in [0.3, 0.4) is 0 Å². The van der Waals surface area contributed by atoms with Crippen molar-refractivity contribution in [2.24, 2.45) is 0 Å². The van der Waals surface area contributed by atoms with E-state index in [0.29, 0.717) is 5.56 Å². The zero-order valence-corrected chi connectivity index (χ0v) is 13.0. The van der Waals surface area contributed by atoms with Gasteiger partial charge in [0, 0.05) is 0 Å². The van der Waals surface area contributed by atoms with E-state index in [-0.39, 0.29) is 16.5 Å². The van der Waals surface area contributed by atoms with Crippen molar-refractivity contribution >= 4 is 26.5 Å². The second kappa shape index (κ2) is 5.93. The van der Waals surface area contributed by atoms with Crippen LogP contribution < -0.4 is 15.8 Å². The van der Waals surface area contributed by atoms with Gasteiger partial charge in [-0.15, -0.1) is 0 Å². The Morgan fingerprint density at radius 2 is 1.62 bits per heavy atom. The molecule has 0 spiro atoms. The predicted molar refractivity (Wildman–Crippen MR) is 87.8 cm³/mol. The van der Waals surface area contributed by atoms with E-state index in [1.807, 2.05) is 0 Å². The SMILES string of the molecule is O=c1[nH][nH]c(=O)c2c(NS(=O)(=O)Cc3ccc(F)cc3)cccc12. The highest BCUT2D eigenvalue weighted by atomic mass is 32.2. The van der Waals surface area contributed by atoms with Crippen molar-refractivity contribution in [3.63, 3.8) is 0 Å². The first-order valence-corrected chi connectivity index (χ1v) is 8.49. The molecule has 0 saturated heterocycles. The van der Waals surface area contributed by atoms with Crippen LogP contribution in [0.15, 0.2) is 52.1 Å². The number of nitrogens with one attached hydrogen (secondary N) is 3. The summed E-state index contributed by atoms with van der Waals surface area (Å²) in [6.07, 6.45) is 0. The number of aromatic amines is 2. The van der Waals surface area contributed by atoms with E-state index < -0.39 is 32.7 Å². The number of halogens is 1. The summed E-state index contributed by atoms with van der Waals surface area (Å²) in [5.74, 6) is -0.867. The summed E-state index contributed by atoms with van der Waals surface area (Å²) in [5, 5.41) is 4.35. The van der Waals surface area contributed by atoms with Crippen molar-refractivity contribution in [3.05, 3.63) is 74.6 Å². The Kier molecular flexibility index (Phi) is 3.94. The third-order valence-corrected chi connectivity index (χ3v) is 4.61. The van der Waals surface area contributed by atoms with Gasteiger partial charge in [0.2, 0.25) is 10.0 Å². The minimum Gasteiger partial charge on any atom is -0.282 e. The van der Waals surface area contributed by atoms with E-state index >= 15 is 0 Å². The molecule has 1 heterocycles. The summed E-state index contributed by atoms with van der Waals surface area (Å²) in [5.41, 5.74) is -0.772. The van der Waals surface area contributed by atoms with Crippen LogP contribution in [0.5, 0.6) is 0 Å². The van der Waals surface area contributed by atoms with Gasteiger partial charge in [0.25, 0.3) is 11.1 Å². The number of hydrogen-bond acceptors (Lipinski definition) is 4. The zero-order chi connectivity index (χ0) is 17.3. The standard InChI is InChI=1S/C15H12FN3O4S/c16-10-6-4-9(5-7-10)8-24(22,23)19-12-3-1-2-11-13(12)15(21)18-17-14(11)20/h1-7,19H,8H2,(H,17,20)(H,18,21). The average Bonchev–Trinajstić information content (AvgIpc) is 2.53. The van der Waals surface area contributed by atoms with Gasteiger partial charge >= 0.3 is 0 Å². The molecule has 0 aliphatic carbocycles. The first-order valence-electron chi connectivity index (χ1n) is 6.84. The molecule has 0 unspecified atom stereocenters. The number of anilines is 1. The lowest BCUT2D eigenvalue weighted by atomic mass is 10.2. The fraction of sp³-hybridized carbons (Fsp3) is 0.0667. The van der Waals surface area contributed by atoms with E-state index in [4.69, 9.17) is 0 Å². The second-order valence-corrected chi connectivity index (χ2v) is 6.85. The molecule has 7 nitrogen and oxygen atoms in total. The zero-order valence-electron chi connectivity index (χ0n) is 12.2. The van der Waals surface area contributed by atoms with Crippen LogP contribution in [-0.2, 0) is 15.8 Å². The van der Waals surface area contributed by atoms with Crippen LogP contribution in [0.25, 0.3) is 10.8 Å². The highest BCUT2D eigenvalue weighted by molar-refractivity contribution is 7.91. The molecule has 124 valence electrons. The Morgan fingerprint density at radius 1 is 0.958 bits per heavy atom. The van der Waals surface area contributed by atoms with E-state index in [1.165, 1.54) is 30.3 Å². The van der Waals surface area contributed by atoms with Gasteiger partial charge in [0.1, 0.15) is 5.82 Å². The van der Waals surface area contributed by atoms with E-state index in [2.05, 4.69) is 14.9 Å². The second-order valence-electron chi connectivity index (χ2n) is 5.12. The highest BCUT2D eigenvalue weighted by Gasteiger charge is 2.16. The van der Waals surface area contributed by atoms with E-state index in [9.17, 15) is 22.4 Å². The molecule has 0 aliphatic heterocycles. The van der Waals surface area contributed by atoms with Crippen LogP contribution in [0.2, 0.25) is 0 Å². The van der Waals surface area contributed by atoms with Crippen molar-refractivity contribution in [1.29, 1.82) is 0 Å². The normalized spacial score (nSPS) is 11.5. The number of H-pyrrole nitrogens is 2. The van der Waals surface area contributed by atoms with E-state index in [0.717, 1.165) is 12.1 Å². The third-order valence-electron chi connectivity index (χ3n) is 3.36. The molecule has 1 aromatic heterocycles. The molecule has 0 atom stereocenters. The van der Waals surface area contributed by atoms with Crippen molar-refractivity contribution in [1.82, 2.24) is 10.2 Å². The van der Waals surface area contributed by atoms with Gasteiger partial charge in [-0.3, -0.25) is 24.5 Å². The molecule has 0 radical (unpaired) electrons. The molecular weight excluding hydrogens is 337 g/mol. The maximum atomic E-state index is 12.9. The average molecular weight is 349 g/mol. The minimum atomic E-state index is -3.86. The Morgan fingerprint density at radius 3 is 2.33 bits per heavy atom. The first-order chi connectivity index (χ1) is 11.4. The van der Waals surface area contributed by atoms with Gasteiger partial charge in [-0.2, -0.15) is 0 Å². The Balaban J connectivity index is 2.00. The molecule has 0 bridgehead atoms. The summed E-state index contributed by atoms with van der Waals surface area (Å²) in [6, 6.07) is 9.30. The Hall–Kier alpha value is -2.94. The monoisotopic (exact) mass is 349 g/mol. The van der Waals surface area contributed by atoms with Crippen LogP contribution >= 0.6 is 0 Å². The lowest BCUT2D eigenvalue weighted by Crippen LogP contribution is -2.22. The number of fused-ring (bicyclic) bond motifs is 1. The number of rotatable bonds is 4. The molecule has 0 amide bonds. The van der Waals surface area contributed by atoms with Gasteiger partial charge in [0.15, 0.2) is 0 Å². The summed E-state index contributed by atoms with van der Waals surface area (Å²) in [6.45, 7) is 0. The number of hydrogen-bond donors (Lipinski definition) is 3. The molecular formula is C15H12FN3O4S. The number of benzene rings is 2. The van der Waals surface area contributed by atoms with Gasteiger partial charge in [-0.05, 0) is 29.8 Å². The number of aromatic nitrogens is 2.